The zero-order valence-electron chi connectivity index (χ0n) is 16.2. The van der Waals surface area contributed by atoms with Gasteiger partial charge in [-0.15, -0.1) is 11.3 Å². The summed E-state index contributed by atoms with van der Waals surface area (Å²) in [5, 5.41) is 5.15. The molecule has 4 heterocycles. The molecule has 0 bridgehead atoms. The Morgan fingerprint density at radius 2 is 1.93 bits per heavy atom. The monoisotopic (exact) mass is 463 g/mol. The molecule has 2 aliphatic rings. The van der Waals surface area contributed by atoms with Gasteiger partial charge < -0.3 is 9.80 Å². The fourth-order valence-corrected chi connectivity index (χ4v) is 7.16. The van der Waals surface area contributed by atoms with Gasteiger partial charge in [0.05, 0.1) is 15.9 Å². The van der Waals surface area contributed by atoms with Crippen LogP contribution in [0, 0.1) is 11.8 Å². The van der Waals surface area contributed by atoms with E-state index < -0.39 is 10.0 Å². The summed E-state index contributed by atoms with van der Waals surface area (Å²) >= 11 is 2.50. The van der Waals surface area contributed by atoms with Gasteiger partial charge in [0.2, 0.25) is 0 Å². The Labute approximate surface area is 182 Å². The number of thiophene rings is 1. The van der Waals surface area contributed by atoms with E-state index in [1.165, 1.54) is 22.7 Å². The first-order chi connectivity index (χ1) is 14.4. The Hall–Kier alpha value is -2.21. The van der Waals surface area contributed by atoms with Gasteiger partial charge in [-0.3, -0.25) is 10.0 Å². The van der Waals surface area contributed by atoms with Crippen LogP contribution in [0.15, 0.2) is 39.9 Å². The molecule has 3 aromatic rings. The van der Waals surface area contributed by atoms with Gasteiger partial charge in [-0.1, -0.05) is 17.4 Å². The van der Waals surface area contributed by atoms with Crippen molar-refractivity contribution in [3.8, 4) is 0 Å². The van der Waals surface area contributed by atoms with Crippen molar-refractivity contribution in [1.29, 1.82) is 0 Å². The van der Waals surface area contributed by atoms with Crippen molar-refractivity contribution in [2.75, 3.05) is 43.3 Å². The highest BCUT2D eigenvalue weighted by Gasteiger charge is 2.40. The number of thiazole rings is 1. The van der Waals surface area contributed by atoms with Crippen LogP contribution in [0.5, 0.6) is 0 Å². The molecule has 2 aromatic heterocycles. The Balaban J connectivity index is 1.28. The van der Waals surface area contributed by atoms with Crippen LogP contribution in [0.2, 0.25) is 0 Å². The molecule has 1 aromatic carbocycles. The number of urea groups is 1. The summed E-state index contributed by atoms with van der Waals surface area (Å²) in [4.78, 5) is 21.3. The van der Waals surface area contributed by atoms with E-state index in [0.29, 0.717) is 28.2 Å². The number of hydrogen-bond acceptors (Lipinski definition) is 7. The summed E-state index contributed by atoms with van der Waals surface area (Å²) in [5.74, 6) is 1.10. The molecule has 0 saturated carbocycles. The number of sulfonamides is 1. The van der Waals surface area contributed by atoms with Crippen LogP contribution in [0.1, 0.15) is 0 Å². The van der Waals surface area contributed by atoms with Gasteiger partial charge in [0.15, 0.2) is 5.13 Å². The minimum absolute atomic E-state index is 0.121. The first kappa shape index (κ1) is 19.7. The maximum atomic E-state index is 12.7. The zero-order chi connectivity index (χ0) is 20.9. The average molecular weight is 464 g/mol. The number of rotatable bonds is 4. The Morgan fingerprint density at radius 1 is 1.17 bits per heavy atom. The molecule has 2 amide bonds. The lowest BCUT2D eigenvalue weighted by atomic mass is 10.0. The summed E-state index contributed by atoms with van der Waals surface area (Å²) < 4.78 is 28.5. The number of hydrogen-bond donors (Lipinski definition) is 2. The van der Waals surface area contributed by atoms with Gasteiger partial charge in [0.25, 0.3) is 10.0 Å². The highest BCUT2D eigenvalue weighted by atomic mass is 32.2. The molecule has 2 atom stereocenters. The van der Waals surface area contributed by atoms with Crippen LogP contribution in [0.25, 0.3) is 10.2 Å². The lowest BCUT2D eigenvalue weighted by Crippen LogP contribution is -2.35. The smallest absolute Gasteiger partial charge is 0.323 e. The fourth-order valence-electron chi connectivity index (χ4n) is 4.23. The molecule has 0 aliphatic carbocycles. The van der Waals surface area contributed by atoms with Crippen molar-refractivity contribution in [1.82, 2.24) is 14.8 Å². The summed E-state index contributed by atoms with van der Waals surface area (Å²) in [6.07, 6.45) is 0. The molecule has 0 radical (unpaired) electrons. The number of nitrogens with zero attached hydrogens (tertiary/aromatic N) is 3. The first-order valence-electron chi connectivity index (χ1n) is 9.59. The van der Waals surface area contributed by atoms with Gasteiger partial charge in [-0.2, -0.15) is 0 Å². The van der Waals surface area contributed by atoms with Crippen molar-refractivity contribution >= 4 is 59.8 Å². The molecule has 2 N–H and O–H groups in total. The number of carbonyl (C=O) groups is 1. The lowest BCUT2D eigenvalue weighted by molar-refractivity contribution is 0.215. The highest BCUT2D eigenvalue weighted by Crippen LogP contribution is 2.32. The van der Waals surface area contributed by atoms with Gasteiger partial charge in [0, 0.05) is 26.2 Å². The van der Waals surface area contributed by atoms with Crippen molar-refractivity contribution in [2.24, 2.45) is 11.8 Å². The fraction of sp³-hybridized carbons (Fsp3) is 0.368. The van der Waals surface area contributed by atoms with Gasteiger partial charge >= 0.3 is 6.03 Å². The summed E-state index contributed by atoms with van der Waals surface area (Å²) in [5.41, 5.74) is 1.18. The number of aromatic nitrogens is 1. The van der Waals surface area contributed by atoms with Gasteiger partial charge in [-0.05, 0) is 48.5 Å². The van der Waals surface area contributed by atoms with E-state index in [-0.39, 0.29) is 10.2 Å². The largest absolute Gasteiger partial charge is 0.324 e. The number of fused-ring (bicyclic) bond motifs is 2. The summed E-state index contributed by atoms with van der Waals surface area (Å²) in [6, 6.07) is 8.32. The summed E-state index contributed by atoms with van der Waals surface area (Å²) in [6.45, 7) is 3.64. The van der Waals surface area contributed by atoms with E-state index in [4.69, 9.17) is 0 Å². The van der Waals surface area contributed by atoms with Crippen LogP contribution in [0.3, 0.4) is 0 Å². The van der Waals surface area contributed by atoms with E-state index >= 15 is 0 Å². The number of benzene rings is 1. The molecule has 2 fully saturated rings. The van der Waals surface area contributed by atoms with E-state index in [9.17, 15) is 13.2 Å². The number of likely N-dealkylation sites (tertiary alicyclic amines) is 2. The van der Waals surface area contributed by atoms with Crippen LogP contribution < -0.4 is 10.0 Å². The maximum absolute atomic E-state index is 12.7. The number of anilines is 2. The third kappa shape index (κ3) is 3.78. The van der Waals surface area contributed by atoms with Gasteiger partial charge in [0.1, 0.15) is 4.21 Å². The van der Waals surface area contributed by atoms with Crippen LogP contribution in [0.4, 0.5) is 15.6 Å². The topological polar surface area (TPSA) is 94.6 Å². The first-order valence-corrected chi connectivity index (χ1v) is 12.8. The van der Waals surface area contributed by atoms with E-state index in [1.54, 1.807) is 35.7 Å². The molecule has 8 nitrogen and oxygen atoms in total. The molecular formula is C19H21N5O3S3. The van der Waals surface area contributed by atoms with Crippen molar-refractivity contribution in [2.45, 2.75) is 4.21 Å². The SMILES string of the molecule is CN1CC2CN(C(=O)Nc3nc4ccc(NS(=O)(=O)c5cccs5)cc4s3)CC2C1. The average Bonchev–Trinajstić information content (AvgIpc) is 3.43. The van der Waals surface area contributed by atoms with Gasteiger partial charge in [-0.25, -0.2) is 18.2 Å². The number of carbonyl (C=O) groups excluding carboxylic acids is 1. The Morgan fingerprint density at radius 3 is 2.63 bits per heavy atom. The standard InChI is InChI=1S/C19H21N5O3S3/c1-23-8-12-10-24(11-13(12)9-23)19(25)21-18-20-15-5-4-14(7-16(15)29-18)22-30(26,27)17-3-2-6-28-17/h2-7,12-13,22H,8-11H2,1H3,(H,20,21,25). The molecule has 2 saturated heterocycles. The van der Waals surface area contributed by atoms with Crippen molar-refractivity contribution in [3.05, 3.63) is 35.7 Å². The minimum atomic E-state index is -3.60. The third-order valence-electron chi connectivity index (χ3n) is 5.57. The van der Waals surface area contributed by atoms with Crippen molar-refractivity contribution in [3.63, 3.8) is 0 Å². The predicted molar refractivity (Wildman–Crippen MR) is 120 cm³/mol. The van der Waals surface area contributed by atoms with Crippen molar-refractivity contribution < 1.29 is 13.2 Å². The van der Waals surface area contributed by atoms with E-state index in [1.807, 2.05) is 4.90 Å². The zero-order valence-corrected chi connectivity index (χ0v) is 18.7. The third-order valence-corrected chi connectivity index (χ3v) is 9.28. The molecule has 30 heavy (non-hydrogen) atoms. The highest BCUT2D eigenvalue weighted by molar-refractivity contribution is 7.94. The van der Waals surface area contributed by atoms with Crippen LogP contribution in [-0.4, -0.2) is 62.5 Å². The molecule has 158 valence electrons. The van der Waals surface area contributed by atoms with Crippen LogP contribution >= 0.6 is 22.7 Å². The second-order valence-electron chi connectivity index (χ2n) is 7.82. The second kappa shape index (κ2) is 7.49. The molecular weight excluding hydrogens is 442 g/mol. The van der Waals surface area contributed by atoms with E-state index in [2.05, 4.69) is 27.0 Å². The molecule has 5 rings (SSSR count). The Kier molecular flexibility index (Phi) is 4.92. The molecule has 2 unspecified atom stereocenters. The predicted octanol–water partition coefficient (Wildman–Crippen LogP) is 3.18. The maximum Gasteiger partial charge on any atom is 0.323 e. The van der Waals surface area contributed by atoms with E-state index in [0.717, 1.165) is 30.9 Å². The minimum Gasteiger partial charge on any atom is -0.324 e. The molecule has 0 spiro atoms. The summed E-state index contributed by atoms with van der Waals surface area (Å²) in [7, 11) is -1.48. The normalized spacial score (nSPS) is 21.8. The Bertz CT molecular complexity index is 1180. The number of amides is 2. The number of nitrogens with one attached hydrogen (secondary N) is 2. The quantitative estimate of drug-likeness (QED) is 0.620. The lowest BCUT2D eigenvalue weighted by Gasteiger charge is -2.19. The molecule has 11 heteroatoms. The molecule has 2 aliphatic heterocycles. The van der Waals surface area contributed by atoms with Crippen LogP contribution in [-0.2, 0) is 10.0 Å². The second-order valence-corrected chi connectivity index (χ2v) is 11.7.